The molecular weight excluding hydrogens is 376 g/mol. The highest BCUT2D eigenvalue weighted by molar-refractivity contribution is 5.93. The monoisotopic (exact) mass is 425 g/mol. The van der Waals surface area contributed by atoms with Crippen molar-refractivity contribution in [2.45, 2.75) is 106 Å². The fourth-order valence-electron chi connectivity index (χ4n) is 3.78. The van der Waals surface area contributed by atoms with E-state index in [0.29, 0.717) is 12.8 Å². The fourth-order valence-corrected chi connectivity index (χ4v) is 3.78. The SMILES string of the molecule is [2H]CC(C)NCCCC[C@@H](CC(C)C)C(=O)N[C@H](C(=O)C[C@@H](C)C(=O)C(C)C)C(C)C. The van der Waals surface area contributed by atoms with Crippen molar-refractivity contribution in [3.05, 3.63) is 0 Å². The van der Waals surface area contributed by atoms with E-state index in [1.54, 1.807) is 6.92 Å². The summed E-state index contributed by atoms with van der Waals surface area (Å²) in [5.74, 6) is -0.162. The van der Waals surface area contributed by atoms with Crippen LogP contribution in [0.25, 0.3) is 0 Å². The molecule has 0 aliphatic carbocycles. The van der Waals surface area contributed by atoms with E-state index in [4.69, 9.17) is 1.37 Å². The average molecular weight is 426 g/mol. The van der Waals surface area contributed by atoms with Crippen LogP contribution in [0.3, 0.4) is 0 Å². The second-order valence-electron chi connectivity index (χ2n) is 10.0. The number of amides is 1. The molecular formula is C25H48N2O3. The highest BCUT2D eigenvalue weighted by atomic mass is 16.2. The highest BCUT2D eigenvalue weighted by Crippen LogP contribution is 2.20. The molecule has 0 radical (unpaired) electrons. The van der Waals surface area contributed by atoms with Crippen LogP contribution in [0.15, 0.2) is 0 Å². The van der Waals surface area contributed by atoms with Gasteiger partial charge < -0.3 is 10.6 Å². The molecule has 1 unspecified atom stereocenters. The number of carbonyl (C=O) groups is 3. The molecule has 30 heavy (non-hydrogen) atoms. The predicted molar refractivity (Wildman–Crippen MR) is 125 cm³/mol. The van der Waals surface area contributed by atoms with Gasteiger partial charge in [0.05, 0.1) is 6.04 Å². The van der Waals surface area contributed by atoms with Crippen LogP contribution in [0, 0.1) is 29.6 Å². The normalized spacial score (nSPS) is 16.3. The van der Waals surface area contributed by atoms with Crippen molar-refractivity contribution >= 4 is 17.5 Å². The molecule has 0 spiro atoms. The first-order chi connectivity index (χ1) is 14.4. The van der Waals surface area contributed by atoms with E-state index in [1.807, 2.05) is 34.6 Å². The Labute approximate surface area is 186 Å². The van der Waals surface area contributed by atoms with Gasteiger partial charge in [0, 0.05) is 31.6 Å². The zero-order valence-electron chi connectivity index (χ0n) is 21.7. The lowest BCUT2D eigenvalue weighted by Crippen LogP contribution is -2.47. The van der Waals surface area contributed by atoms with Crippen LogP contribution in [0.1, 0.15) is 95.8 Å². The summed E-state index contributed by atoms with van der Waals surface area (Å²) >= 11 is 0. The lowest BCUT2D eigenvalue weighted by atomic mass is 9.87. The Hall–Kier alpha value is -1.23. The van der Waals surface area contributed by atoms with Gasteiger partial charge in [0.25, 0.3) is 0 Å². The molecule has 0 saturated heterocycles. The van der Waals surface area contributed by atoms with Gasteiger partial charge in [0.15, 0.2) is 5.78 Å². The molecule has 0 aliphatic heterocycles. The molecule has 2 N–H and O–H groups in total. The van der Waals surface area contributed by atoms with E-state index in [-0.39, 0.29) is 53.6 Å². The van der Waals surface area contributed by atoms with Crippen molar-refractivity contribution < 1.29 is 15.8 Å². The number of hydrogen-bond donors (Lipinski definition) is 2. The molecule has 0 aromatic rings. The third kappa shape index (κ3) is 11.8. The van der Waals surface area contributed by atoms with Gasteiger partial charge in [-0.2, -0.15) is 0 Å². The standard InChI is InChI=1S/C25H48N2O3/c1-16(2)14-21(12-10-11-13-26-19(7)8)25(30)27-23(17(3)4)22(28)15-20(9)24(29)18(5)6/h16-21,23,26H,10-15H2,1-9H3,(H,27,30)/t20-,21+,23+/m1/s1/i7D/t19?,20-,21+,23+. The summed E-state index contributed by atoms with van der Waals surface area (Å²) in [6.07, 6.45) is 3.66. The molecule has 0 saturated carbocycles. The summed E-state index contributed by atoms with van der Waals surface area (Å²) in [6.45, 7) is 16.8. The molecule has 5 heteroatoms. The maximum Gasteiger partial charge on any atom is 0.223 e. The van der Waals surface area contributed by atoms with Crippen LogP contribution < -0.4 is 10.6 Å². The van der Waals surface area contributed by atoms with E-state index in [1.165, 1.54) is 0 Å². The number of carbonyl (C=O) groups excluding carboxylic acids is 3. The first-order valence-corrected chi connectivity index (χ1v) is 11.8. The minimum atomic E-state index is -0.552. The van der Waals surface area contributed by atoms with E-state index in [9.17, 15) is 14.4 Å². The third-order valence-corrected chi connectivity index (χ3v) is 5.47. The molecule has 0 fully saturated rings. The molecule has 4 atom stereocenters. The summed E-state index contributed by atoms with van der Waals surface area (Å²) in [5.41, 5.74) is 0. The minimum Gasteiger partial charge on any atom is -0.346 e. The maximum atomic E-state index is 13.1. The maximum absolute atomic E-state index is 13.1. The van der Waals surface area contributed by atoms with Crippen molar-refractivity contribution in [1.82, 2.24) is 10.6 Å². The van der Waals surface area contributed by atoms with Gasteiger partial charge in [-0.25, -0.2) is 0 Å². The number of ketones is 2. The Bertz CT molecular complexity index is 549. The smallest absolute Gasteiger partial charge is 0.223 e. The number of hydrogen-bond acceptors (Lipinski definition) is 4. The van der Waals surface area contributed by atoms with Crippen molar-refractivity contribution in [2.75, 3.05) is 6.54 Å². The summed E-state index contributed by atoms with van der Waals surface area (Å²) < 4.78 is 7.35. The first kappa shape index (κ1) is 26.8. The van der Waals surface area contributed by atoms with Crippen LogP contribution in [-0.4, -0.2) is 36.1 Å². The molecule has 1 amide bonds. The molecule has 0 rings (SSSR count). The van der Waals surface area contributed by atoms with Crippen molar-refractivity contribution in [1.29, 1.82) is 0 Å². The topological polar surface area (TPSA) is 75.3 Å². The number of unbranched alkanes of at least 4 members (excludes halogenated alkanes) is 1. The van der Waals surface area contributed by atoms with Gasteiger partial charge in [-0.05, 0) is 37.6 Å². The van der Waals surface area contributed by atoms with Crippen molar-refractivity contribution in [3.8, 4) is 0 Å². The van der Waals surface area contributed by atoms with Gasteiger partial charge in [-0.15, -0.1) is 0 Å². The molecule has 176 valence electrons. The molecule has 0 heterocycles. The summed E-state index contributed by atoms with van der Waals surface area (Å²) in [6, 6.07) is -0.360. The van der Waals surface area contributed by atoms with Gasteiger partial charge >= 0.3 is 0 Å². The van der Waals surface area contributed by atoms with Crippen LogP contribution in [0.4, 0.5) is 0 Å². The Morgan fingerprint density at radius 2 is 1.57 bits per heavy atom. The predicted octanol–water partition coefficient (Wildman–Crippen LogP) is 4.78. The largest absolute Gasteiger partial charge is 0.346 e. The third-order valence-electron chi connectivity index (χ3n) is 5.47. The zero-order chi connectivity index (χ0) is 24.1. The van der Waals surface area contributed by atoms with E-state index < -0.39 is 6.04 Å². The van der Waals surface area contributed by atoms with Gasteiger partial charge in [0.2, 0.25) is 5.91 Å². The molecule has 0 aromatic carbocycles. The van der Waals surface area contributed by atoms with Crippen LogP contribution in [0.2, 0.25) is 0 Å². The van der Waals surface area contributed by atoms with E-state index >= 15 is 0 Å². The minimum absolute atomic E-state index is 0.0203. The Balaban J connectivity index is 4.94. The molecule has 0 bridgehead atoms. The Kier molecular flexibility index (Phi) is 13.2. The highest BCUT2D eigenvalue weighted by Gasteiger charge is 2.30. The van der Waals surface area contributed by atoms with E-state index in [2.05, 4.69) is 24.5 Å². The van der Waals surface area contributed by atoms with Gasteiger partial charge in [-0.1, -0.05) is 68.7 Å². The molecule has 0 aromatic heterocycles. The van der Waals surface area contributed by atoms with Crippen molar-refractivity contribution in [2.24, 2.45) is 29.6 Å². The summed E-state index contributed by atoms with van der Waals surface area (Å²) in [5, 5.41) is 6.34. The van der Waals surface area contributed by atoms with Gasteiger partial charge in [-0.3, -0.25) is 14.4 Å². The van der Waals surface area contributed by atoms with E-state index in [0.717, 1.165) is 32.2 Å². The van der Waals surface area contributed by atoms with Gasteiger partial charge in [0.1, 0.15) is 5.78 Å². The fraction of sp³-hybridized carbons (Fsp3) is 0.880. The average Bonchev–Trinajstić information content (AvgIpc) is 2.68. The second-order valence-corrected chi connectivity index (χ2v) is 10.0. The lowest BCUT2D eigenvalue weighted by molar-refractivity contribution is -0.133. The summed E-state index contributed by atoms with van der Waals surface area (Å²) in [7, 11) is 0. The second kappa shape index (κ2) is 14.7. The molecule has 0 aliphatic rings. The Morgan fingerprint density at radius 1 is 0.933 bits per heavy atom. The van der Waals surface area contributed by atoms with Crippen LogP contribution >= 0.6 is 0 Å². The Morgan fingerprint density at radius 3 is 2.07 bits per heavy atom. The number of rotatable bonds is 16. The first-order valence-electron chi connectivity index (χ1n) is 12.5. The zero-order valence-corrected chi connectivity index (χ0v) is 20.7. The van der Waals surface area contributed by atoms with Crippen LogP contribution in [-0.2, 0) is 14.4 Å². The number of nitrogens with one attached hydrogen (secondary N) is 2. The molecule has 5 nitrogen and oxygen atoms in total. The van der Waals surface area contributed by atoms with Crippen molar-refractivity contribution in [3.63, 3.8) is 0 Å². The number of Topliss-reactive ketones (excluding diaryl/α,β-unsaturated/α-hetero) is 2. The van der Waals surface area contributed by atoms with Crippen LogP contribution in [0.5, 0.6) is 0 Å². The lowest BCUT2D eigenvalue weighted by Gasteiger charge is -2.26. The quantitative estimate of drug-likeness (QED) is 0.349. The summed E-state index contributed by atoms with van der Waals surface area (Å²) in [4.78, 5) is 38.2.